The Morgan fingerprint density at radius 2 is 1.90 bits per heavy atom. The maximum atomic E-state index is 6.38. The second-order valence-electron chi connectivity index (χ2n) is 6.34. The highest BCUT2D eigenvalue weighted by Crippen LogP contribution is 2.43. The van der Waals surface area contributed by atoms with Crippen LogP contribution in [0.5, 0.6) is 11.5 Å². The van der Waals surface area contributed by atoms with E-state index >= 15 is 0 Å². The van der Waals surface area contributed by atoms with Gasteiger partial charge in [-0.15, -0.1) is 0 Å². The van der Waals surface area contributed by atoms with Gasteiger partial charge in [0.1, 0.15) is 0 Å². The minimum absolute atomic E-state index is 0.0763. The van der Waals surface area contributed by atoms with Crippen LogP contribution in [0.1, 0.15) is 38.8 Å². The van der Waals surface area contributed by atoms with Crippen LogP contribution in [0.2, 0.25) is 0 Å². The third-order valence-electron chi connectivity index (χ3n) is 4.06. The molecule has 2 atom stereocenters. The van der Waals surface area contributed by atoms with E-state index in [1.54, 1.807) is 14.2 Å². The van der Waals surface area contributed by atoms with E-state index in [2.05, 4.69) is 31.7 Å². The smallest absolute Gasteiger partial charge is 0.165 e. The number of methoxy groups -OCH3 is 2. The fourth-order valence-electron chi connectivity index (χ4n) is 3.11. The first-order chi connectivity index (χ1) is 9.40. The number of nitrogens with two attached hydrogens (primary N) is 1. The van der Waals surface area contributed by atoms with Gasteiger partial charge in [0.15, 0.2) is 11.5 Å². The van der Waals surface area contributed by atoms with Gasteiger partial charge in [-0.25, -0.2) is 0 Å². The van der Waals surface area contributed by atoms with E-state index in [9.17, 15) is 0 Å². The van der Waals surface area contributed by atoms with Gasteiger partial charge >= 0.3 is 0 Å². The zero-order valence-corrected chi connectivity index (χ0v) is 13.1. The van der Waals surface area contributed by atoms with E-state index in [4.69, 9.17) is 15.2 Å². The molecule has 1 fully saturated rings. The van der Waals surface area contributed by atoms with Gasteiger partial charge in [-0.3, -0.25) is 4.90 Å². The molecule has 0 aromatic heterocycles. The fraction of sp³-hybridized carbons (Fsp3) is 0.625. The molecule has 0 saturated carbocycles. The molecule has 0 aliphatic carbocycles. The van der Waals surface area contributed by atoms with E-state index in [0.717, 1.165) is 30.0 Å². The Balaban J connectivity index is 2.48. The maximum absolute atomic E-state index is 6.38. The molecule has 1 aromatic rings. The lowest BCUT2D eigenvalue weighted by molar-refractivity contribution is 0.115. The topological polar surface area (TPSA) is 47.7 Å². The largest absolute Gasteiger partial charge is 0.493 e. The summed E-state index contributed by atoms with van der Waals surface area (Å²) < 4.78 is 11.0. The summed E-state index contributed by atoms with van der Waals surface area (Å²) in [7, 11) is 3.35. The van der Waals surface area contributed by atoms with Crippen LogP contribution in [0.3, 0.4) is 0 Å². The van der Waals surface area contributed by atoms with Gasteiger partial charge in [0, 0.05) is 23.7 Å². The molecule has 4 heteroatoms. The molecule has 2 unspecified atom stereocenters. The third-order valence-corrected chi connectivity index (χ3v) is 4.06. The second kappa shape index (κ2) is 5.62. The summed E-state index contributed by atoms with van der Waals surface area (Å²) in [4.78, 5) is 2.45. The summed E-state index contributed by atoms with van der Waals surface area (Å²) in [5, 5.41) is 0. The van der Waals surface area contributed by atoms with Crippen molar-refractivity contribution in [3.05, 3.63) is 23.8 Å². The van der Waals surface area contributed by atoms with Crippen molar-refractivity contribution in [3.63, 3.8) is 0 Å². The Kier molecular flexibility index (Phi) is 4.25. The molecule has 2 rings (SSSR count). The number of hydrogen-bond acceptors (Lipinski definition) is 4. The van der Waals surface area contributed by atoms with Gasteiger partial charge in [-0.2, -0.15) is 0 Å². The summed E-state index contributed by atoms with van der Waals surface area (Å²) in [6.45, 7) is 7.69. The molecule has 1 heterocycles. The van der Waals surface area contributed by atoms with E-state index in [1.807, 2.05) is 12.1 Å². The molecule has 112 valence electrons. The van der Waals surface area contributed by atoms with Gasteiger partial charge in [0.05, 0.1) is 20.3 Å². The number of nitrogens with zero attached hydrogens (tertiary/aromatic N) is 1. The Labute approximate surface area is 121 Å². The first kappa shape index (κ1) is 15.1. The molecule has 4 nitrogen and oxygen atoms in total. The van der Waals surface area contributed by atoms with Crippen LogP contribution in [0.15, 0.2) is 18.2 Å². The molecule has 1 saturated heterocycles. The van der Waals surface area contributed by atoms with E-state index in [-0.39, 0.29) is 17.6 Å². The molecule has 1 aliphatic rings. The lowest BCUT2D eigenvalue weighted by atomic mass is 9.96. The van der Waals surface area contributed by atoms with Crippen LogP contribution in [0.4, 0.5) is 0 Å². The van der Waals surface area contributed by atoms with Crippen LogP contribution in [0, 0.1) is 0 Å². The lowest BCUT2D eigenvalue weighted by Crippen LogP contribution is -2.43. The van der Waals surface area contributed by atoms with E-state index < -0.39 is 0 Å². The van der Waals surface area contributed by atoms with Gasteiger partial charge in [0.25, 0.3) is 0 Å². The highest BCUT2D eigenvalue weighted by molar-refractivity contribution is 5.49. The second-order valence-corrected chi connectivity index (χ2v) is 6.34. The number of para-hydroxylation sites is 1. The minimum Gasteiger partial charge on any atom is -0.493 e. The summed E-state index contributed by atoms with van der Waals surface area (Å²) in [6, 6.07) is 6.30. The van der Waals surface area contributed by atoms with Crippen LogP contribution >= 0.6 is 0 Å². The van der Waals surface area contributed by atoms with Crippen molar-refractivity contribution < 1.29 is 9.47 Å². The van der Waals surface area contributed by atoms with Crippen LogP contribution in [-0.4, -0.2) is 37.2 Å². The predicted octanol–water partition coefficient (Wildman–Crippen LogP) is 2.58. The van der Waals surface area contributed by atoms with Crippen molar-refractivity contribution in [1.82, 2.24) is 4.90 Å². The SMILES string of the molecule is COc1cccc(C2C(N)CCN2C(C)(C)C)c1OC. The van der Waals surface area contributed by atoms with Crippen molar-refractivity contribution in [3.8, 4) is 11.5 Å². The highest BCUT2D eigenvalue weighted by Gasteiger charge is 2.40. The molecule has 0 spiro atoms. The van der Waals surface area contributed by atoms with Crippen molar-refractivity contribution in [1.29, 1.82) is 0 Å². The molecule has 0 bridgehead atoms. The number of benzene rings is 1. The molecule has 1 aliphatic heterocycles. The predicted molar refractivity (Wildman–Crippen MR) is 81.3 cm³/mol. The normalized spacial score (nSPS) is 23.9. The van der Waals surface area contributed by atoms with E-state index in [0.29, 0.717) is 0 Å². The van der Waals surface area contributed by atoms with Crippen molar-refractivity contribution in [2.24, 2.45) is 5.73 Å². The van der Waals surface area contributed by atoms with Crippen molar-refractivity contribution >= 4 is 0 Å². The highest BCUT2D eigenvalue weighted by atomic mass is 16.5. The van der Waals surface area contributed by atoms with Crippen molar-refractivity contribution in [2.45, 2.75) is 44.8 Å². The minimum atomic E-state index is 0.0763. The molecule has 1 aromatic carbocycles. The Hall–Kier alpha value is -1.26. The molecule has 2 N–H and O–H groups in total. The lowest BCUT2D eigenvalue weighted by Gasteiger charge is -2.38. The Morgan fingerprint density at radius 1 is 1.20 bits per heavy atom. The third kappa shape index (κ3) is 2.63. The monoisotopic (exact) mass is 278 g/mol. The van der Waals surface area contributed by atoms with Gasteiger partial charge in [0.2, 0.25) is 0 Å². The first-order valence-electron chi connectivity index (χ1n) is 7.13. The van der Waals surface area contributed by atoms with Gasteiger partial charge in [-0.05, 0) is 33.3 Å². The average molecular weight is 278 g/mol. The average Bonchev–Trinajstić information content (AvgIpc) is 2.79. The number of hydrogen-bond donors (Lipinski definition) is 1. The molecule has 20 heavy (non-hydrogen) atoms. The fourth-order valence-corrected chi connectivity index (χ4v) is 3.11. The Morgan fingerprint density at radius 3 is 2.45 bits per heavy atom. The summed E-state index contributed by atoms with van der Waals surface area (Å²) in [6.07, 6.45) is 1.00. The standard InChI is InChI=1S/C16H26N2O2/c1-16(2,3)18-10-9-12(17)14(18)11-7-6-8-13(19-4)15(11)20-5/h6-8,12,14H,9-10,17H2,1-5H3. The number of likely N-dealkylation sites (tertiary alicyclic amines) is 1. The zero-order valence-electron chi connectivity index (χ0n) is 13.1. The van der Waals surface area contributed by atoms with Crippen LogP contribution < -0.4 is 15.2 Å². The van der Waals surface area contributed by atoms with Crippen LogP contribution in [0.25, 0.3) is 0 Å². The summed E-state index contributed by atoms with van der Waals surface area (Å²) >= 11 is 0. The summed E-state index contributed by atoms with van der Waals surface area (Å²) in [5.41, 5.74) is 7.57. The number of rotatable bonds is 3. The van der Waals surface area contributed by atoms with E-state index in [1.165, 1.54) is 0 Å². The molecule has 0 radical (unpaired) electrons. The molecular weight excluding hydrogens is 252 g/mol. The van der Waals surface area contributed by atoms with Gasteiger partial charge < -0.3 is 15.2 Å². The number of ether oxygens (including phenoxy) is 2. The zero-order chi connectivity index (χ0) is 14.9. The summed E-state index contributed by atoms with van der Waals surface area (Å²) in [5.74, 6) is 1.56. The maximum Gasteiger partial charge on any atom is 0.165 e. The van der Waals surface area contributed by atoms with Crippen LogP contribution in [-0.2, 0) is 0 Å². The Bertz CT molecular complexity index is 468. The van der Waals surface area contributed by atoms with Gasteiger partial charge in [-0.1, -0.05) is 12.1 Å². The quantitative estimate of drug-likeness (QED) is 0.923. The molecule has 0 amide bonds. The molecular formula is C16H26N2O2. The van der Waals surface area contributed by atoms with Crippen molar-refractivity contribution in [2.75, 3.05) is 20.8 Å². The first-order valence-corrected chi connectivity index (χ1v) is 7.13.